The van der Waals surface area contributed by atoms with Crippen LogP contribution in [0.5, 0.6) is 5.75 Å². The van der Waals surface area contributed by atoms with Crippen molar-refractivity contribution in [3.05, 3.63) is 65.7 Å². The van der Waals surface area contributed by atoms with Crippen molar-refractivity contribution in [2.75, 3.05) is 13.0 Å². The molecule has 1 nitrogen and oxygen atoms in total. The van der Waals surface area contributed by atoms with Crippen LogP contribution in [0, 0.1) is 5.92 Å². The average molecular weight is 275 g/mol. The Balaban J connectivity index is 1.98. The van der Waals surface area contributed by atoms with Crippen LogP contribution >= 0.6 is 11.6 Å². The van der Waals surface area contributed by atoms with Crippen LogP contribution in [0.1, 0.15) is 11.1 Å². The lowest BCUT2D eigenvalue weighted by Gasteiger charge is -2.14. The van der Waals surface area contributed by atoms with E-state index in [2.05, 4.69) is 36.4 Å². The molecule has 0 aliphatic heterocycles. The van der Waals surface area contributed by atoms with Crippen molar-refractivity contribution in [1.29, 1.82) is 0 Å². The topological polar surface area (TPSA) is 9.23 Å². The third kappa shape index (κ3) is 4.29. The standard InChI is InChI=1S/C17H19ClO/c1-19-17-9-7-15(8-10-17)12-16(13-18)11-14-5-3-2-4-6-14/h2-10,16H,11-13H2,1H3. The minimum atomic E-state index is 0.470. The predicted octanol–water partition coefficient (Wildman–Crippen LogP) is 4.34. The molecule has 19 heavy (non-hydrogen) atoms. The van der Waals surface area contributed by atoms with Gasteiger partial charge in [0.25, 0.3) is 0 Å². The fourth-order valence-electron chi connectivity index (χ4n) is 2.22. The number of methoxy groups -OCH3 is 1. The molecular formula is C17H19ClO. The second kappa shape index (κ2) is 7.20. The molecule has 0 amide bonds. The van der Waals surface area contributed by atoms with Gasteiger partial charge in [-0.25, -0.2) is 0 Å². The number of ether oxygens (including phenoxy) is 1. The van der Waals surface area contributed by atoms with E-state index in [9.17, 15) is 0 Å². The average Bonchev–Trinajstić information content (AvgIpc) is 2.48. The van der Waals surface area contributed by atoms with Crippen molar-refractivity contribution in [1.82, 2.24) is 0 Å². The van der Waals surface area contributed by atoms with Crippen molar-refractivity contribution in [2.45, 2.75) is 12.8 Å². The first-order chi connectivity index (χ1) is 9.31. The van der Waals surface area contributed by atoms with Gasteiger partial charge in [-0.15, -0.1) is 11.6 Å². The summed E-state index contributed by atoms with van der Waals surface area (Å²) < 4.78 is 5.17. The van der Waals surface area contributed by atoms with Gasteiger partial charge in [-0.3, -0.25) is 0 Å². The fraction of sp³-hybridized carbons (Fsp3) is 0.294. The van der Waals surface area contributed by atoms with E-state index >= 15 is 0 Å². The molecule has 100 valence electrons. The molecule has 0 spiro atoms. The Bertz CT molecular complexity index is 478. The highest BCUT2D eigenvalue weighted by atomic mass is 35.5. The summed E-state index contributed by atoms with van der Waals surface area (Å²) in [5, 5.41) is 0. The minimum absolute atomic E-state index is 0.470. The Kier molecular flexibility index (Phi) is 5.29. The zero-order valence-electron chi connectivity index (χ0n) is 11.2. The van der Waals surface area contributed by atoms with E-state index in [1.807, 2.05) is 18.2 Å². The zero-order chi connectivity index (χ0) is 13.5. The monoisotopic (exact) mass is 274 g/mol. The van der Waals surface area contributed by atoms with Crippen LogP contribution in [0.4, 0.5) is 0 Å². The number of rotatable bonds is 6. The van der Waals surface area contributed by atoms with Crippen molar-refractivity contribution < 1.29 is 4.74 Å². The van der Waals surface area contributed by atoms with Gasteiger partial charge in [0.2, 0.25) is 0 Å². The van der Waals surface area contributed by atoms with Gasteiger partial charge in [-0.05, 0) is 42.0 Å². The Hall–Kier alpha value is -1.47. The van der Waals surface area contributed by atoms with Crippen molar-refractivity contribution in [2.24, 2.45) is 5.92 Å². The summed E-state index contributed by atoms with van der Waals surface area (Å²) in [7, 11) is 1.69. The van der Waals surface area contributed by atoms with E-state index < -0.39 is 0 Å². The predicted molar refractivity (Wildman–Crippen MR) is 81.1 cm³/mol. The molecule has 2 aromatic rings. The van der Waals surface area contributed by atoms with E-state index in [1.54, 1.807) is 7.11 Å². The zero-order valence-corrected chi connectivity index (χ0v) is 11.9. The number of alkyl halides is 1. The number of halogens is 1. The molecule has 1 atom stereocenters. The van der Waals surface area contributed by atoms with Gasteiger partial charge in [0.05, 0.1) is 7.11 Å². The maximum atomic E-state index is 6.10. The lowest BCUT2D eigenvalue weighted by molar-refractivity contribution is 0.414. The SMILES string of the molecule is COc1ccc(CC(CCl)Cc2ccccc2)cc1. The van der Waals surface area contributed by atoms with Crippen molar-refractivity contribution >= 4 is 11.6 Å². The lowest BCUT2D eigenvalue weighted by atomic mass is 9.94. The number of benzene rings is 2. The van der Waals surface area contributed by atoms with E-state index in [0.717, 1.165) is 18.6 Å². The molecule has 0 aliphatic carbocycles. The van der Waals surface area contributed by atoms with Crippen LogP contribution in [-0.2, 0) is 12.8 Å². The highest BCUT2D eigenvalue weighted by Gasteiger charge is 2.09. The van der Waals surface area contributed by atoms with E-state index in [4.69, 9.17) is 16.3 Å². The second-order valence-electron chi connectivity index (χ2n) is 4.76. The Morgan fingerprint density at radius 3 is 2.00 bits per heavy atom. The molecule has 2 heteroatoms. The summed E-state index contributed by atoms with van der Waals surface area (Å²) in [5.74, 6) is 2.05. The maximum absolute atomic E-state index is 6.10. The number of hydrogen-bond acceptors (Lipinski definition) is 1. The van der Waals surface area contributed by atoms with Gasteiger partial charge in [-0.1, -0.05) is 42.5 Å². The summed E-state index contributed by atoms with van der Waals surface area (Å²) in [6, 6.07) is 18.8. The quantitative estimate of drug-likeness (QED) is 0.712. The lowest BCUT2D eigenvalue weighted by Crippen LogP contribution is -2.10. The highest BCUT2D eigenvalue weighted by molar-refractivity contribution is 6.18. The largest absolute Gasteiger partial charge is 0.497 e. The van der Waals surface area contributed by atoms with Crippen molar-refractivity contribution in [3.63, 3.8) is 0 Å². The van der Waals surface area contributed by atoms with Crippen LogP contribution in [0.15, 0.2) is 54.6 Å². The molecule has 0 aliphatic rings. The summed E-state index contributed by atoms with van der Waals surface area (Å²) in [6.07, 6.45) is 2.03. The van der Waals surface area contributed by atoms with Crippen LogP contribution in [0.2, 0.25) is 0 Å². The normalized spacial score (nSPS) is 12.1. The number of hydrogen-bond donors (Lipinski definition) is 0. The molecule has 0 N–H and O–H groups in total. The third-order valence-electron chi connectivity index (χ3n) is 3.27. The van der Waals surface area contributed by atoms with E-state index in [1.165, 1.54) is 11.1 Å². The van der Waals surface area contributed by atoms with E-state index in [-0.39, 0.29) is 0 Å². The van der Waals surface area contributed by atoms with Crippen molar-refractivity contribution in [3.8, 4) is 5.75 Å². The first kappa shape index (κ1) is 14.0. The third-order valence-corrected chi connectivity index (χ3v) is 3.71. The van der Waals surface area contributed by atoms with E-state index in [0.29, 0.717) is 11.8 Å². The Morgan fingerprint density at radius 2 is 1.47 bits per heavy atom. The Morgan fingerprint density at radius 1 is 0.895 bits per heavy atom. The van der Waals surface area contributed by atoms with Gasteiger partial charge < -0.3 is 4.74 Å². The highest BCUT2D eigenvalue weighted by Crippen LogP contribution is 2.18. The molecule has 1 unspecified atom stereocenters. The summed E-state index contributed by atoms with van der Waals surface area (Å²) in [6.45, 7) is 0. The van der Waals surface area contributed by atoms with Gasteiger partial charge in [0.15, 0.2) is 0 Å². The molecule has 0 bridgehead atoms. The summed E-state index contributed by atoms with van der Waals surface area (Å²) in [5.41, 5.74) is 2.66. The smallest absolute Gasteiger partial charge is 0.118 e. The first-order valence-electron chi connectivity index (χ1n) is 6.54. The maximum Gasteiger partial charge on any atom is 0.118 e. The van der Waals surface area contributed by atoms with Gasteiger partial charge in [0.1, 0.15) is 5.75 Å². The van der Waals surface area contributed by atoms with Crippen LogP contribution in [0.3, 0.4) is 0 Å². The molecule has 2 rings (SSSR count). The van der Waals surface area contributed by atoms with Gasteiger partial charge in [0, 0.05) is 5.88 Å². The molecule has 0 fully saturated rings. The summed E-state index contributed by atoms with van der Waals surface area (Å²) in [4.78, 5) is 0. The van der Waals surface area contributed by atoms with Gasteiger partial charge >= 0.3 is 0 Å². The van der Waals surface area contributed by atoms with Crippen LogP contribution < -0.4 is 4.74 Å². The molecule has 0 saturated carbocycles. The first-order valence-corrected chi connectivity index (χ1v) is 7.08. The second-order valence-corrected chi connectivity index (χ2v) is 5.07. The van der Waals surface area contributed by atoms with Crippen LogP contribution in [0.25, 0.3) is 0 Å². The molecule has 0 radical (unpaired) electrons. The Labute approximate surface area is 120 Å². The molecule has 0 heterocycles. The minimum Gasteiger partial charge on any atom is -0.497 e. The molecule has 2 aromatic carbocycles. The summed E-state index contributed by atoms with van der Waals surface area (Å²) >= 11 is 6.10. The molecule has 0 saturated heterocycles. The fourth-order valence-corrected chi connectivity index (χ4v) is 2.44. The van der Waals surface area contributed by atoms with Gasteiger partial charge in [-0.2, -0.15) is 0 Å². The molecule has 0 aromatic heterocycles. The molecular weight excluding hydrogens is 256 g/mol. The van der Waals surface area contributed by atoms with Crippen LogP contribution in [-0.4, -0.2) is 13.0 Å².